The molecule has 2 amide bonds. The quantitative estimate of drug-likeness (QED) is 0.771. The van der Waals surface area contributed by atoms with Crippen LogP contribution in [0.25, 0.3) is 0 Å². The number of hydrogen-bond donors (Lipinski definition) is 2. The number of halogens is 2. The number of carbonyl (C=O) groups is 2. The van der Waals surface area contributed by atoms with E-state index in [2.05, 4.69) is 10.6 Å². The summed E-state index contributed by atoms with van der Waals surface area (Å²) >= 11 is 12.1. The van der Waals surface area contributed by atoms with Crippen molar-refractivity contribution < 1.29 is 9.59 Å². The number of carbonyl (C=O) groups excluding carboxylic acids is 2. The second-order valence-corrected chi connectivity index (χ2v) is 8.14. The largest absolute Gasteiger partial charge is 0.333 e. The van der Waals surface area contributed by atoms with Crippen LogP contribution in [0.2, 0.25) is 10.0 Å². The molecule has 1 spiro atoms. The summed E-state index contributed by atoms with van der Waals surface area (Å²) in [4.78, 5) is 27.1. The number of hydrogen-bond acceptors (Lipinski definition) is 3. The van der Waals surface area contributed by atoms with Gasteiger partial charge in [0.1, 0.15) is 0 Å². The van der Waals surface area contributed by atoms with Gasteiger partial charge in [0.25, 0.3) is 0 Å². The Labute approximate surface area is 164 Å². The summed E-state index contributed by atoms with van der Waals surface area (Å²) in [5, 5.41) is 7.04. The van der Waals surface area contributed by atoms with Gasteiger partial charge in [-0.3, -0.25) is 9.59 Å². The highest BCUT2D eigenvalue weighted by Gasteiger charge is 2.58. The maximum atomic E-state index is 13.0. The molecule has 5 nitrogen and oxygen atoms in total. The highest BCUT2D eigenvalue weighted by Crippen LogP contribution is 2.59. The molecule has 0 radical (unpaired) electrons. The van der Waals surface area contributed by atoms with Crippen molar-refractivity contribution in [2.45, 2.75) is 32.6 Å². The van der Waals surface area contributed by atoms with Gasteiger partial charge in [-0.2, -0.15) is 0 Å². The Kier molecular flexibility index (Phi) is 6.10. The number of nitrogens with one attached hydrogen (secondary N) is 2. The molecule has 1 unspecified atom stereocenters. The molecule has 7 heteroatoms. The van der Waals surface area contributed by atoms with Crippen molar-refractivity contribution in [3.8, 4) is 0 Å². The zero-order valence-electron chi connectivity index (χ0n) is 15.0. The molecule has 1 saturated carbocycles. The number of nitrogens with zero attached hydrogens (tertiary/aromatic N) is 1. The number of amides is 2. The fraction of sp³-hybridized carbons (Fsp3) is 0.579. The fourth-order valence-corrected chi connectivity index (χ4v) is 4.22. The second-order valence-electron chi connectivity index (χ2n) is 7.30. The lowest BCUT2D eigenvalue weighted by atomic mass is 9.91. The van der Waals surface area contributed by atoms with Crippen LogP contribution in [0.4, 0.5) is 5.69 Å². The van der Waals surface area contributed by atoms with E-state index in [4.69, 9.17) is 23.2 Å². The van der Waals surface area contributed by atoms with Crippen LogP contribution in [0.15, 0.2) is 18.2 Å². The van der Waals surface area contributed by atoms with E-state index < -0.39 is 0 Å². The lowest BCUT2D eigenvalue weighted by molar-refractivity contribution is -0.136. The molecule has 1 aromatic carbocycles. The third-order valence-electron chi connectivity index (χ3n) is 5.43. The first-order valence-corrected chi connectivity index (χ1v) is 9.95. The third kappa shape index (κ3) is 4.33. The predicted molar refractivity (Wildman–Crippen MR) is 105 cm³/mol. The number of anilines is 1. The highest BCUT2D eigenvalue weighted by molar-refractivity contribution is 6.35. The van der Waals surface area contributed by atoms with Crippen molar-refractivity contribution in [1.82, 2.24) is 10.2 Å². The maximum absolute atomic E-state index is 13.0. The molecule has 142 valence electrons. The van der Waals surface area contributed by atoms with Gasteiger partial charge in [0.2, 0.25) is 11.8 Å². The summed E-state index contributed by atoms with van der Waals surface area (Å²) in [6.45, 7) is 4.59. The average Bonchev–Trinajstić information content (AvgIpc) is 3.30. The normalized spacial score (nSPS) is 20.7. The summed E-state index contributed by atoms with van der Waals surface area (Å²) in [5.41, 5.74) is 0.635. The fourth-order valence-electron chi connectivity index (χ4n) is 3.89. The van der Waals surface area contributed by atoms with Gasteiger partial charge < -0.3 is 15.5 Å². The van der Waals surface area contributed by atoms with Gasteiger partial charge in [0.05, 0.1) is 17.3 Å². The molecule has 1 aromatic rings. The Morgan fingerprint density at radius 1 is 1.31 bits per heavy atom. The minimum Gasteiger partial charge on any atom is -0.333 e. The van der Waals surface area contributed by atoms with Crippen molar-refractivity contribution in [2.24, 2.45) is 11.3 Å². The van der Waals surface area contributed by atoms with Gasteiger partial charge in [0.15, 0.2) is 0 Å². The molecular formula is C19H25Cl2N3O2. The molecule has 3 rings (SSSR count). The first-order chi connectivity index (χ1) is 12.4. The van der Waals surface area contributed by atoms with Crippen molar-refractivity contribution in [3.63, 3.8) is 0 Å². The van der Waals surface area contributed by atoms with Crippen molar-refractivity contribution in [2.75, 3.05) is 31.5 Å². The van der Waals surface area contributed by atoms with E-state index in [0.29, 0.717) is 22.3 Å². The van der Waals surface area contributed by atoms with Crippen LogP contribution in [-0.2, 0) is 9.59 Å². The standard InChI is InChI=1S/C19H25Cl2N3O2/c1-2-9-24(18(26)14-11-19(14)5-7-22-8-6-19)12-17(25)23-16-10-13(20)3-4-15(16)21/h3-4,10,14,22H,2,5-9,11-12H2,1H3,(H,23,25). The van der Waals surface area contributed by atoms with E-state index in [9.17, 15) is 9.59 Å². The van der Waals surface area contributed by atoms with Gasteiger partial charge in [-0.25, -0.2) is 0 Å². The van der Waals surface area contributed by atoms with Crippen LogP contribution < -0.4 is 10.6 Å². The van der Waals surface area contributed by atoms with Crippen LogP contribution >= 0.6 is 23.2 Å². The van der Waals surface area contributed by atoms with E-state index >= 15 is 0 Å². The molecule has 26 heavy (non-hydrogen) atoms. The van der Waals surface area contributed by atoms with Gasteiger partial charge in [-0.1, -0.05) is 30.1 Å². The Hall–Kier alpha value is -1.30. The van der Waals surface area contributed by atoms with E-state index in [1.54, 1.807) is 23.1 Å². The monoisotopic (exact) mass is 397 g/mol. The van der Waals surface area contributed by atoms with E-state index in [-0.39, 0.29) is 29.7 Å². The molecule has 2 fully saturated rings. The first-order valence-electron chi connectivity index (χ1n) is 9.19. The van der Waals surface area contributed by atoms with Crippen LogP contribution in [0.1, 0.15) is 32.6 Å². The molecule has 1 saturated heterocycles. The molecule has 1 heterocycles. The van der Waals surface area contributed by atoms with Crippen LogP contribution in [0, 0.1) is 11.3 Å². The van der Waals surface area contributed by atoms with Crippen LogP contribution in [0.5, 0.6) is 0 Å². The Bertz CT molecular complexity index is 689. The highest BCUT2D eigenvalue weighted by atomic mass is 35.5. The maximum Gasteiger partial charge on any atom is 0.244 e. The molecule has 2 aliphatic rings. The summed E-state index contributed by atoms with van der Waals surface area (Å²) in [6, 6.07) is 4.91. The Morgan fingerprint density at radius 3 is 2.73 bits per heavy atom. The summed E-state index contributed by atoms with van der Waals surface area (Å²) < 4.78 is 0. The molecule has 1 aliphatic carbocycles. The molecular weight excluding hydrogens is 373 g/mol. The smallest absolute Gasteiger partial charge is 0.244 e. The third-order valence-corrected chi connectivity index (χ3v) is 5.99. The summed E-state index contributed by atoms with van der Waals surface area (Å²) in [7, 11) is 0. The molecule has 1 atom stereocenters. The number of rotatable bonds is 6. The minimum atomic E-state index is -0.254. The minimum absolute atomic E-state index is 0.0420. The first kappa shape index (κ1) is 19.5. The van der Waals surface area contributed by atoms with Crippen molar-refractivity contribution >= 4 is 40.7 Å². The lowest BCUT2D eigenvalue weighted by Gasteiger charge is -2.26. The van der Waals surface area contributed by atoms with E-state index in [0.717, 1.165) is 38.8 Å². The Morgan fingerprint density at radius 2 is 2.04 bits per heavy atom. The summed E-state index contributed by atoms with van der Waals surface area (Å²) in [5.74, 6) is -0.0734. The van der Waals surface area contributed by atoms with Crippen LogP contribution in [-0.4, -0.2) is 42.9 Å². The Balaban J connectivity index is 1.62. The van der Waals surface area contributed by atoms with E-state index in [1.165, 1.54) is 0 Å². The van der Waals surface area contributed by atoms with Gasteiger partial charge in [-0.05, 0) is 62.4 Å². The van der Waals surface area contributed by atoms with Crippen LogP contribution in [0.3, 0.4) is 0 Å². The van der Waals surface area contributed by atoms with Gasteiger partial charge >= 0.3 is 0 Å². The van der Waals surface area contributed by atoms with Crippen molar-refractivity contribution in [3.05, 3.63) is 28.2 Å². The predicted octanol–water partition coefficient (Wildman–Crippen LogP) is 3.56. The SMILES string of the molecule is CCCN(CC(=O)Nc1cc(Cl)ccc1Cl)C(=O)C1CC12CCNCC2. The average molecular weight is 398 g/mol. The zero-order valence-corrected chi connectivity index (χ0v) is 16.5. The molecule has 1 aliphatic heterocycles. The van der Waals surface area contributed by atoms with Gasteiger partial charge in [-0.15, -0.1) is 0 Å². The van der Waals surface area contributed by atoms with Gasteiger partial charge in [0, 0.05) is 17.5 Å². The molecule has 0 aromatic heterocycles. The topological polar surface area (TPSA) is 61.4 Å². The summed E-state index contributed by atoms with van der Waals surface area (Å²) in [6.07, 6.45) is 3.87. The number of piperidine rings is 1. The second kappa shape index (κ2) is 8.15. The van der Waals surface area contributed by atoms with E-state index in [1.807, 2.05) is 6.92 Å². The van der Waals surface area contributed by atoms with Crippen molar-refractivity contribution in [1.29, 1.82) is 0 Å². The number of benzene rings is 1. The molecule has 0 bridgehead atoms. The molecule has 2 N–H and O–H groups in total. The zero-order chi connectivity index (χ0) is 18.7. The lowest BCUT2D eigenvalue weighted by Crippen LogP contribution is -2.41.